The second kappa shape index (κ2) is 7.85. The SMILES string of the molecule is CCOCCn1cnc2sc(C(=O)N3CCCc4ccccc43)c(C)c2c1=O. The predicted octanol–water partition coefficient (Wildman–Crippen LogP) is 3.40. The van der Waals surface area contributed by atoms with Gasteiger partial charge in [0.2, 0.25) is 0 Å². The van der Waals surface area contributed by atoms with Gasteiger partial charge in [0.05, 0.1) is 29.7 Å². The largest absolute Gasteiger partial charge is 0.380 e. The molecular formula is C21H23N3O3S. The molecule has 0 fully saturated rings. The Labute approximate surface area is 167 Å². The van der Waals surface area contributed by atoms with Gasteiger partial charge >= 0.3 is 0 Å². The van der Waals surface area contributed by atoms with Crippen LogP contribution in [0.1, 0.15) is 34.1 Å². The van der Waals surface area contributed by atoms with E-state index in [9.17, 15) is 9.59 Å². The molecule has 0 radical (unpaired) electrons. The number of anilines is 1. The predicted molar refractivity (Wildman–Crippen MR) is 112 cm³/mol. The summed E-state index contributed by atoms with van der Waals surface area (Å²) in [4.78, 5) is 33.7. The molecule has 1 aliphatic rings. The Morgan fingerprint density at radius 3 is 2.96 bits per heavy atom. The molecular weight excluding hydrogens is 374 g/mol. The molecule has 0 atom stereocenters. The number of aryl methyl sites for hydroxylation is 2. The number of benzene rings is 1. The number of nitrogens with zero attached hydrogens (tertiary/aromatic N) is 3. The maximum atomic E-state index is 13.3. The molecule has 6 nitrogen and oxygen atoms in total. The van der Waals surface area contributed by atoms with Gasteiger partial charge in [0.25, 0.3) is 11.5 Å². The number of carbonyl (C=O) groups is 1. The summed E-state index contributed by atoms with van der Waals surface area (Å²) in [5, 5.41) is 0.539. The average molecular weight is 398 g/mol. The standard InChI is InChI=1S/C21H23N3O3S/c1-3-27-12-11-23-13-22-19-17(20(23)25)14(2)18(28-19)21(26)24-10-6-8-15-7-4-5-9-16(15)24/h4-5,7,9,13H,3,6,8,10-12H2,1-2H3. The normalized spacial score (nSPS) is 13.7. The highest BCUT2D eigenvalue weighted by atomic mass is 32.1. The van der Waals surface area contributed by atoms with Crippen LogP contribution >= 0.6 is 11.3 Å². The summed E-state index contributed by atoms with van der Waals surface area (Å²) in [6, 6.07) is 8.03. The summed E-state index contributed by atoms with van der Waals surface area (Å²) >= 11 is 1.30. The van der Waals surface area contributed by atoms with Gasteiger partial charge in [-0.3, -0.25) is 14.2 Å². The molecule has 4 rings (SSSR count). The summed E-state index contributed by atoms with van der Waals surface area (Å²) in [7, 11) is 0. The number of hydrogen-bond donors (Lipinski definition) is 0. The molecule has 0 unspecified atom stereocenters. The Kier molecular flexibility index (Phi) is 5.28. The molecule has 28 heavy (non-hydrogen) atoms. The van der Waals surface area contributed by atoms with Gasteiger partial charge < -0.3 is 9.64 Å². The van der Waals surface area contributed by atoms with E-state index in [1.807, 2.05) is 36.9 Å². The Morgan fingerprint density at radius 1 is 1.32 bits per heavy atom. The molecule has 3 aromatic rings. The van der Waals surface area contributed by atoms with Crippen molar-refractivity contribution in [1.82, 2.24) is 9.55 Å². The van der Waals surface area contributed by atoms with Crippen molar-refractivity contribution in [1.29, 1.82) is 0 Å². The highest BCUT2D eigenvalue weighted by Crippen LogP contribution is 2.32. The summed E-state index contributed by atoms with van der Waals surface area (Å²) in [5.74, 6) is -0.0482. The fraction of sp³-hybridized carbons (Fsp3) is 0.381. The Hall–Kier alpha value is -2.51. The van der Waals surface area contributed by atoms with E-state index in [2.05, 4.69) is 11.1 Å². The zero-order valence-electron chi connectivity index (χ0n) is 16.1. The Balaban J connectivity index is 1.72. The van der Waals surface area contributed by atoms with E-state index in [-0.39, 0.29) is 11.5 Å². The lowest BCUT2D eigenvalue weighted by Gasteiger charge is -2.29. The third kappa shape index (κ3) is 3.25. The minimum Gasteiger partial charge on any atom is -0.380 e. The summed E-state index contributed by atoms with van der Waals surface area (Å²) in [6.45, 7) is 5.98. The van der Waals surface area contributed by atoms with Crippen LogP contribution in [-0.2, 0) is 17.7 Å². The molecule has 1 aliphatic heterocycles. The first-order valence-electron chi connectivity index (χ1n) is 9.58. The van der Waals surface area contributed by atoms with Gasteiger partial charge in [0.15, 0.2) is 0 Å². The number of rotatable bonds is 5. The van der Waals surface area contributed by atoms with Crippen molar-refractivity contribution >= 4 is 33.1 Å². The highest BCUT2D eigenvalue weighted by molar-refractivity contribution is 7.20. The summed E-state index contributed by atoms with van der Waals surface area (Å²) in [6.07, 6.45) is 3.47. The lowest BCUT2D eigenvalue weighted by Crippen LogP contribution is -2.35. The van der Waals surface area contributed by atoms with Crippen LogP contribution in [0.15, 0.2) is 35.4 Å². The van der Waals surface area contributed by atoms with Crippen LogP contribution in [-0.4, -0.2) is 35.2 Å². The van der Waals surface area contributed by atoms with E-state index < -0.39 is 0 Å². The number of hydrogen-bond acceptors (Lipinski definition) is 5. The van der Waals surface area contributed by atoms with Crippen LogP contribution in [0.25, 0.3) is 10.2 Å². The molecule has 0 spiro atoms. The molecule has 146 valence electrons. The van der Waals surface area contributed by atoms with Gasteiger partial charge in [-0.15, -0.1) is 11.3 Å². The molecule has 0 bridgehead atoms. The number of carbonyl (C=O) groups excluding carboxylic acids is 1. The minimum atomic E-state index is -0.114. The number of amides is 1. The first-order valence-corrected chi connectivity index (χ1v) is 10.4. The van der Waals surface area contributed by atoms with E-state index >= 15 is 0 Å². The number of aromatic nitrogens is 2. The fourth-order valence-electron chi connectivity index (χ4n) is 3.70. The highest BCUT2D eigenvalue weighted by Gasteiger charge is 2.27. The lowest BCUT2D eigenvalue weighted by atomic mass is 10.0. The third-order valence-electron chi connectivity index (χ3n) is 5.15. The first kappa shape index (κ1) is 18.8. The van der Waals surface area contributed by atoms with E-state index in [0.717, 1.165) is 24.1 Å². The van der Waals surface area contributed by atoms with Crippen LogP contribution in [0.5, 0.6) is 0 Å². The van der Waals surface area contributed by atoms with Crippen LogP contribution in [0.2, 0.25) is 0 Å². The van der Waals surface area contributed by atoms with Crippen molar-refractivity contribution in [3.8, 4) is 0 Å². The summed E-state index contributed by atoms with van der Waals surface area (Å²) in [5.41, 5.74) is 2.77. The van der Waals surface area contributed by atoms with Crippen molar-refractivity contribution in [2.45, 2.75) is 33.2 Å². The zero-order valence-corrected chi connectivity index (χ0v) is 16.9. The molecule has 3 heterocycles. The van der Waals surface area contributed by atoms with Crippen molar-refractivity contribution in [2.24, 2.45) is 0 Å². The molecule has 0 saturated carbocycles. The van der Waals surface area contributed by atoms with Gasteiger partial charge in [0.1, 0.15) is 4.83 Å². The lowest BCUT2D eigenvalue weighted by molar-refractivity contribution is 0.0988. The molecule has 0 saturated heterocycles. The quantitative estimate of drug-likeness (QED) is 0.619. The number of thiophene rings is 1. The van der Waals surface area contributed by atoms with Crippen molar-refractivity contribution < 1.29 is 9.53 Å². The smallest absolute Gasteiger partial charge is 0.268 e. The topological polar surface area (TPSA) is 64.4 Å². The van der Waals surface area contributed by atoms with E-state index in [4.69, 9.17) is 4.74 Å². The van der Waals surface area contributed by atoms with Crippen molar-refractivity contribution in [3.05, 3.63) is 57.0 Å². The summed E-state index contributed by atoms with van der Waals surface area (Å²) < 4.78 is 6.90. The van der Waals surface area contributed by atoms with Gasteiger partial charge in [-0.1, -0.05) is 18.2 Å². The van der Waals surface area contributed by atoms with Crippen molar-refractivity contribution in [2.75, 3.05) is 24.7 Å². The fourth-order valence-corrected chi connectivity index (χ4v) is 4.79. The van der Waals surface area contributed by atoms with Gasteiger partial charge in [-0.2, -0.15) is 0 Å². The second-order valence-corrected chi connectivity index (χ2v) is 7.86. The number of para-hydroxylation sites is 1. The molecule has 2 aromatic heterocycles. The first-order chi connectivity index (χ1) is 13.6. The molecule has 1 aromatic carbocycles. The van der Waals surface area contributed by atoms with E-state index in [1.165, 1.54) is 16.9 Å². The third-order valence-corrected chi connectivity index (χ3v) is 6.34. The van der Waals surface area contributed by atoms with Crippen LogP contribution < -0.4 is 10.5 Å². The second-order valence-electron chi connectivity index (χ2n) is 6.87. The Morgan fingerprint density at radius 2 is 2.14 bits per heavy atom. The van der Waals surface area contributed by atoms with Crippen molar-refractivity contribution in [3.63, 3.8) is 0 Å². The van der Waals surface area contributed by atoms with Crippen LogP contribution in [0, 0.1) is 6.92 Å². The van der Waals surface area contributed by atoms with Gasteiger partial charge in [-0.05, 0) is 43.9 Å². The van der Waals surface area contributed by atoms with Gasteiger partial charge in [0, 0.05) is 18.8 Å². The molecule has 0 N–H and O–H groups in total. The maximum absolute atomic E-state index is 13.3. The number of ether oxygens (including phenoxy) is 1. The molecule has 1 amide bonds. The molecule has 7 heteroatoms. The molecule has 0 aliphatic carbocycles. The monoisotopic (exact) mass is 397 g/mol. The zero-order chi connectivity index (χ0) is 19.7. The average Bonchev–Trinajstić information content (AvgIpc) is 3.06. The Bertz CT molecular complexity index is 1090. The minimum absolute atomic E-state index is 0.0482. The van der Waals surface area contributed by atoms with Crippen LogP contribution in [0.3, 0.4) is 0 Å². The van der Waals surface area contributed by atoms with E-state index in [0.29, 0.717) is 41.4 Å². The maximum Gasteiger partial charge on any atom is 0.268 e. The van der Waals surface area contributed by atoms with Crippen LogP contribution in [0.4, 0.5) is 5.69 Å². The van der Waals surface area contributed by atoms with E-state index in [1.54, 1.807) is 10.9 Å². The number of fused-ring (bicyclic) bond motifs is 2. The van der Waals surface area contributed by atoms with Gasteiger partial charge in [-0.25, -0.2) is 4.98 Å².